The Kier molecular flexibility index (Phi) is 3.11. The predicted molar refractivity (Wildman–Crippen MR) is 57.2 cm³/mol. The highest BCUT2D eigenvalue weighted by Crippen LogP contribution is 2.05. The number of hydrogen-bond acceptors (Lipinski definition) is 4. The average Bonchev–Trinajstić information content (AvgIpc) is 2.73. The summed E-state index contributed by atoms with van der Waals surface area (Å²) in [7, 11) is 1.59. The van der Waals surface area contributed by atoms with E-state index in [9.17, 15) is 4.79 Å². The normalized spacial score (nSPS) is 10.6. The van der Waals surface area contributed by atoms with E-state index in [0.717, 1.165) is 0 Å². The van der Waals surface area contributed by atoms with Crippen molar-refractivity contribution in [3.8, 4) is 0 Å². The van der Waals surface area contributed by atoms with Gasteiger partial charge in [0.1, 0.15) is 5.56 Å². The number of methoxy groups -OCH3 is 1. The van der Waals surface area contributed by atoms with E-state index in [1.54, 1.807) is 30.1 Å². The Morgan fingerprint density at radius 3 is 3.31 bits per heavy atom. The molecule has 2 aromatic rings. The molecule has 0 atom stereocenters. The molecule has 2 heterocycles. The topological polar surface area (TPSA) is 68.5 Å². The Morgan fingerprint density at radius 2 is 2.50 bits per heavy atom. The zero-order valence-corrected chi connectivity index (χ0v) is 8.88. The second kappa shape index (κ2) is 4.71. The summed E-state index contributed by atoms with van der Waals surface area (Å²) in [5, 5.41) is 6.75. The third kappa shape index (κ3) is 2.01. The highest BCUT2D eigenvalue weighted by atomic mass is 16.5. The molecule has 0 bridgehead atoms. The maximum absolute atomic E-state index is 11.7. The molecule has 0 unspecified atom stereocenters. The smallest absolute Gasteiger partial charge is 0.256 e. The van der Waals surface area contributed by atoms with Crippen molar-refractivity contribution >= 4 is 11.6 Å². The summed E-state index contributed by atoms with van der Waals surface area (Å²) >= 11 is 0. The third-order valence-corrected chi connectivity index (χ3v) is 2.12. The molecule has 0 aliphatic heterocycles. The number of rotatable bonds is 4. The molecule has 0 fully saturated rings. The Hall–Kier alpha value is -1.95. The summed E-state index contributed by atoms with van der Waals surface area (Å²) in [6.07, 6.45) is 4.88. The number of aromatic nitrogens is 3. The van der Waals surface area contributed by atoms with E-state index in [1.807, 2.05) is 0 Å². The van der Waals surface area contributed by atoms with Gasteiger partial charge < -0.3 is 10.1 Å². The van der Waals surface area contributed by atoms with Crippen LogP contribution < -0.4 is 5.32 Å². The summed E-state index contributed by atoms with van der Waals surface area (Å²) in [4.78, 5) is 15.8. The first-order chi connectivity index (χ1) is 7.83. The van der Waals surface area contributed by atoms with Gasteiger partial charge in [0.15, 0.2) is 5.65 Å². The molecule has 2 rings (SSSR count). The van der Waals surface area contributed by atoms with Crippen LogP contribution in [0.1, 0.15) is 10.4 Å². The third-order valence-electron chi connectivity index (χ3n) is 2.12. The minimum Gasteiger partial charge on any atom is -0.383 e. The lowest BCUT2D eigenvalue weighted by molar-refractivity contribution is 0.0938. The minimum atomic E-state index is -0.189. The van der Waals surface area contributed by atoms with Crippen molar-refractivity contribution in [1.29, 1.82) is 0 Å². The largest absolute Gasteiger partial charge is 0.383 e. The van der Waals surface area contributed by atoms with Gasteiger partial charge in [-0.3, -0.25) is 4.79 Å². The molecule has 0 radical (unpaired) electrons. The second-order valence-corrected chi connectivity index (χ2v) is 3.19. The molecule has 1 N–H and O–H groups in total. The first kappa shape index (κ1) is 10.6. The number of hydrogen-bond donors (Lipinski definition) is 1. The molecular weight excluding hydrogens is 208 g/mol. The highest BCUT2D eigenvalue weighted by Gasteiger charge is 2.12. The number of ether oxygens (including phenoxy) is 1. The van der Waals surface area contributed by atoms with Crippen LogP contribution in [0.2, 0.25) is 0 Å². The van der Waals surface area contributed by atoms with Crippen molar-refractivity contribution in [2.75, 3.05) is 20.3 Å². The zero-order valence-electron chi connectivity index (χ0n) is 8.88. The number of nitrogens with zero attached hydrogens (tertiary/aromatic N) is 3. The molecule has 0 aliphatic carbocycles. The number of nitrogens with one attached hydrogen (secondary N) is 1. The lowest BCUT2D eigenvalue weighted by Gasteiger charge is -2.02. The van der Waals surface area contributed by atoms with Gasteiger partial charge in [0.25, 0.3) is 5.91 Å². The van der Waals surface area contributed by atoms with Crippen molar-refractivity contribution in [3.63, 3.8) is 0 Å². The van der Waals surface area contributed by atoms with E-state index in [4.69, 9.17) is 4.74 Å². The van der Waals surface area contributed by atoms with E-state index in [-0.39, 0.29) is 5.91 Å². The van der Waals surface area contributed by atoms with Crippen molar-refractivity contribution in [1.82, 2.24) is 19.9 Å². The molecule has 0 aromatic carbocycles. The van der Waals surface area contributed by atoms with Crippen molar-refractivity contribution < 1.29 is 9.53 Å². The Bertz CT molecular complexity index is 494. The van der Waals surface area contributed by atoms with Crippen LogP contribution in [-0.2, 0) is 4.74 Å². The van der Waals surface area contributed by atoms with Crippen LogP contribution in [-0.4, -0.2) is 40.8 Å². The minimum absolute atomic E-state index is 0.189. The van der Waals surface area contributed by atoms with Crippen LogP contribution in [0.4, 0.5) is 0 Å². The molecule has 0 aliphatic rings. The number of carbonyl (C=O) groups excluding carboxylic acids is 1. The van der Waals surface area contributed by atoms with E-state index >= 15 is 0 Å². The van der Waals surface area contributed by atoms with Crippen LogP contribution in [0.5, 0.6) is 0 Å². The average molecular weight is 220 g/mol. The van der Waals surface area contributed by atoms with Gasteiger partial charge in [0.2, 0.25) is 0 Å². The molecule has 84 valence electrons. The molecule has 0 spiro atoms. The number of amides is 1. The van der Waals surface area contributed by atoms with Crippen LogP contribution >= 0.6 is 0 Å². The van der Waals surface area contributed by atoms with E-state index < -0.39 is 0 Å². The maximum Gasteiger partial charge on any atom is 0.256 e. The summed E-state index contributed by atoms with van der Waals surface area (Å²) < 4.78 is 6.41. The van der Waals surface area contributed by atoms with Crippen LogP contribution in [0.25, 0.3) is 5.65 Å². The van der Waals surface area contributed by atoms with Gasteiger partial charge in [0, 0.05) is 26.0 Å². The van der Waals surface area contributed by atoms with E-state index in [1.165, 1.54) is 6.20 Å². The molecule has 16 heavy (non-hydrogen) atoms. The SMILES string of the molecule is COCCNC(=O)c1cnn2cccnc12. The molecule has 6 nitrogen and oxygen atoms in total. The van der Waals surface area contributed by atoms with Crippen LogP contribution in [0.15, 0.2) is 24.7 Å². The van der Waals surface area contributed by atoms with Gasteiger partial charge >= 0.3 is 0 Å². The Balaban J connectivity index is 2.17. The number of carbonyl (C=O) groups is 1. The van der Waals surface area contributed by atoms with E-state index in [0.29, 0.717) is 24.4 Å². The van der Waals surface area contributed by atoms with E-state index in [2.05, 4.69) is 15.4 Å². The summed E-state index contributed by atoms with van der Waals surface area (Å²) in [6, 6.07) is 1.76. The van der Waals surface area contributed by atoms with Crippen molar-refractivity contribution in [3.05, 3.63) is 30.2 Å². The lowest BCUT2D eigenvalue weighted by Crippen LogP contribution is -2.26. The van der Waals surface area contributed by atoms with Gasteiger partial charge in [-0.05, 0) is 6.07 Å². The van der Waals surface area contributed by atoms with Gasteiger partial charge in [-0.25, -0.2) is 9.50 Å². The number of fused-ring (bicyclic) bond motifs is 1. The summed E-state index contributed by atoms with van der Waals surface area (Å²) in [5.74, 6) is -0.189. The molecule has 1 amide bonds. The standard InChI is InChI=1S/C10H12N4O2/c1-16-6-4-12-10(15)8-7-13-14-5-2-3-11-9(8)14/h2-3,5,7H,4,6H2,1H3,(H,12,15). The fraction of sp³-hybridized carbons (Fsp3) is 0.300. The van der Waals surface area contributed by atoms with Gasteiger partial charge in [-0.2, -0.15) is 5.10 Å². The quantitative estimate of drug-likeness (QED) is 0.742. The molecule has 0 saturated carbocycles. The van der Waals surface area contributed by atoms with Gasteiger partial charge in [-0.1, -0.05) is 0 Å². The summed E-state index contributed by atoms with van der Waals surface area (Å²) in [6.45, 7) is 0.956. The molecule has 6 heteroatoms. The Labute approximate surface area is 92.2 Å². The van der Waals surface area contributed by atoms with Crippen LogP contribution in [0.3, 0.4) is 0 Å². The highest BCUT2D eigenvalue weighted by molar-refractivity contribution is 5.99. The molecule has 2 aromatic heterocycles. The molecular formula is C10H12N4O2. The first-order valence-electron chi connectivity index (χ1n) is 4.88. The maximum atomic E-state index is 11.7. The monoisotopic (exact) mass is 220 g/mol. The lowest BCUT2D eigenvalue weighted by atomic mass is 10.3. The molecule has 0 saturated heterocycles. The van der Waals surface area contributed by atoms with Gasteiger partial charge in [-0.15, -0.1) is 0 Å². The zero-order chi connectivity index (χ0) is 11.4. The van der Waals surface area contributed by atoms with Crippen LogP contribution in [0, 0.1) is 0 Å². The fourth-order valence-corrected chi connectivity index (χ4v) is 1.35. The summed E-state index contributed by atoms with van der Waals surface area (Å²) in [5.41, 5.74) is 1.02. The Morgan fingerprint density at radius 1 is 1.62 bits per heavy atom. The van der Waals surface area contributed by atoms with Gasteiger partial charge in [0.05, 0.1) is 12.8 Å². The first-order valence-corrected chi connectivity index (χ1v) is 4.88. The fourth-order valence-electron chi connectivity index (χ4n) is 1.35. The predicted octanol–water partition coefficient (Wildman–Crippen LogP) is 0.105. The second-order valence-electron chi connectivity index (χ2n) is 3.19. The van der Waals surface area contributed by atoms with Crippen molar-refractivity contribution in [2.24, 2.45) is 0 Å². The van der Waals surface area contributed by atoms with Crippen molar-refractivity contribution in [2.45, 2.75) is 0 Å².